The lowest BCUT2D eigenvalue weighted by Crippen LogP contribution is -2.54. The number of aryl methyl sites for hydroxylation is 1. The van der Waals surface area contributed by atoms with Crippen molar-refractivity contribution in [1.82, 2.24) is 10.0 Å². The number of alkyl halides is 3. The summed E-state index contributed by atoms with van der Waals surface area (Å²) < 4.78 is 73.0. The Bertz CT molecular complexity index is 1310. The molecule has 0 aliphatic heterocycles. The number of rotatable bonds is 11. The quantitative estimate of drug-likeness (QED) is 0.155. The molecule has 244 valence electrons. The molecule has 0 heterocycles. The molecule has 8 nitrogen and oxygen atoms in total. The Kier molecular flexibility index (Phi) is 12.5. The smallest absolute Gasteiger partial charge is 0.416 e. The minimum absolute atomic E-state index is 0.0482. The van der Waals surface area contributed by atoms with E-state index in [0.29, 0.717) is 16.7 Å². The zero-order chi connectivity index (χ0) is 33.5. The van der Waals surface area contributed by atoms with E-state index in [1.54, 1.807) is 91.8 Å². The number of carbonyl (C=O) groups excluding carboxylic acids is 2. The van der Waals surface area contributed by atoms with Gasteiger partial charge in [0.25, 0.3) is 0 Å². The number of alkyl carbamates (subject to hydrolysis) is 1. The summed E-state index contributed by atoms with van der Waals surface area (Å²) in [6.07, 6.45) is -4.84. The van der Waals surface area contributed by atoms with Crippen molar-refractivity contribution in [3.8, 4) is 0 Å². The SMILES string of the molecule is COC(=O)/C(=C/C[C@](CO[C@H](C)c1cc(C)cc(C(F)(F)F)c1)(N[S+]([O-])C(C)(C)C)c1ccccc1)NC(=O)OC(C)(C)C. The van der Waals surface area contributed by atoms with Crippen molar-refractivity contribution in [3.05, 3.63) is 82.6 Å². The molecule has 0 spiro atoms. The van der Waals surface area contributed by atoms with E-state index in [4.69, 9.17) is 14.2 Å². The first-order valence-electron chi connectivity index (χ1n) is 14.0. The molecule has 2 aromatic carbocycles. The Morgan fingerprint density at radius 1 is 1.00 bits per heavy atom. The van der Waals surface area contributed by atoms with Gasteiger partial charge in [-0.1, -0.05) is 48.0 Å². The van der Waals surface area contributed by atoms with Crippen LogP contribution in [0.2, 0.25) is 0 Å². The highest BCUT2D eigenvalue weighted by Gasteiger charge is 2.41. The second-order valence-corrected chi connectivity index (χ2v) is 14.4. The van der Waals surface area contributed by atoms with Gasteiger partial charge in [-0.05, 0) is 85.1 Å². The highest BCUT2D eigenvalue weighted by atomic mass is 32.2. The standard InChI is InChI=1S/C32H43F3N2O6S/c1-21-17-23(19-25(18-21)32(33,34)35)22(2)42-20-31(24-13-11-10-12-14-24,37-44(40)30(6,7)8)16-15-26(27(38)41-9)36-28(39)43-29(3,4)5/h10-15,17-19,22,37H,16,20H2,1-9H3,(H,36,39)/b26-15-/t22-,31-,44?/m1/s1. The number of ether oxygens (including phenoxy) is 3. The zero-order valence-corrected chi connectivity index (χ0v) is 27.5. The van der Waals surface area contributed by atoms with Gasteiger partial charge in [0.15, 0.2) is 0 Å². The second kappa shape index (κ2) is 14.8. The van der Waals surface area contributed by atoms with E-state index in [1.165, 1.54) is 6.08 Å². The maximum Gasteiger partial charge on any atom is 0.416 e. The molecule has 44 heavy (non-hydrogen) atoms. The summed E-state index contributed by atoms with van der Waals surface area (Å²) in [7, 11) is 1.16. The van der Waals surface area contributed by atoms with Crippen LogP contribution in [0, 0.1) is 6.92 Å². The summed E-state index contributed by atoms with van der Waals surface area (Å²) in [6.45, 7) is 13.4. The molecular formula is C32H43F3N2O6S. The molecule has 0 bridgehead atoms. The van der Waals surface area contributed by atoms with Crippen molar-refractivity contribution in [3.63, 3.8) is 0 Å². The highest BCUT2D eigenvalue weighted by Crippen LogP contribution is 2.35. The first-order valence-corrected chi connectivity index (χ1v) is 15.2. The maximum absolute atomic E-state index is 13.6. The van der Waals surface area contributed by atoms with Crippen LogP contribution in [0.4, 0.5) is 18.0 Å². The first-order chi connectivity index (χ1) is 20.2. The summed E-state index contributed by atoms with van der Waals surface area (Å²) in [4.78, 5) is 25.2. The van der Waals surface area contributed by atoms with Crippen LogP contribution in [0.15, 0.2) is 60.3 Å². The highest BCUT2D eigenvalue weighted by molar-refractivity contribution is 7.90. The van der Waals surface area contributed by atoms with Gasteiger partial charge in [-0.15, -0.1) is 4.72 Å². The van der Waals surface area contributed by atoms with Gasteiger partial charge < -0.3 is 18.8 Å². The fraction of sp³-hybridized carbons (Fsp3) is 0.500. The molecule has 12 heteroatoms. The molecule has 0 aromatic heterocycles. The minimum atomic E-state index is -4.53. The number of hydrogen-bond donors (Lipinski definition) is 2. The monoisotopic (exact) mass is 640 g/mol. The van der Waals surface area contributed by atoms with Gasteiger partial charge in [0, 0.05) is 11.4 Å². The molecule has 0 saturated carbocycles. The lowest BCUT2D eigenvalue weighted by molar-refractivity contribution is -0.138. The van der Waals surface area contributed by atoms with Crippen LogP contribution in [0.3, 0.4) is 0 Å². The number of hydrogen-bond acceptors (Lipinski definition) is 7. The van der Waals surface area contributed by atoms with Crippen LogP contribution < -0.4 is 10.0 Å². The van der Waals surface area contributed by atoms with E-state index in [1.807, 2.05) is 0 Å². The normalized spacial score (nSPS) is 15.6. The number of nitrogens with one attached hydrogen (secondary N) is 2. The fourth-order valence-corrected chi connectivity index (χ4v) is 4.96. The van der Waals surface area contributed by atoms with Gasteiger partial charge in [-0.3, -0.25) is 5.32 Å². The second-order valence-electron chi connectivity index (χ2n) is 12.5. The molecule has 0 fully saturated rings. The van der Waals surface area contributed by atoms with Crippen LogP contribution in [0.25, 0.3) is 0 Å². The topological polar surface area (TPSA) is 109 Å². The van der Waals surface area contributed by atoms with Gasteiger partial charge in [0.2, 0.25) is 0 Å². The summed E-state index contributed by atoms with van der Waals surface area (Å²) in [5.74, 6) is -0.844. The lowest BCUT2D eigenvalue weighted by Gasteiger charge is -2.38. The van der Waals surface area contributed by atoms with E-state index in [-0.39, 0.29) is 18.7 Å². The van der Waals surface area contributed by atoms with Crippen molar-refractivity contribution >= 4 is 23.4 Å². The zero-order valence-electron chi connectivity index (χ0n) is 26.7. The third-order valence-electron chi connectivity index (χ3n) is 6.34. The number of benzene rings is 2. The lowest BCUT2D eigenvalue weighted by atomic mass is 9.87. The molecule has 2 N–H and O–H groups in total. The number of amides is 1. The first kappa shape index (κ1) is 37.1. The molecular weight excluding hydrogens is 597 g/mol. The predicted octanol–water partition coefficient (Wildman–Crippen LogP) is 7.01. The summed E-state index contributed by atoms with van der Waals surface area (Å²) in [6, 6.07) is 12.6. The van der Waals surface area contributed by atoms with Crippen LogP contribution >= 0.6 is 0 Å². The van der Waals surface area contributed by atoms with Crippen LogP contribution in [-0.2, 0) is 42.1 Å². The average molecular weight is 641 g/mol. The Labute approximate surface area is 261 Å². The van der Waals surface area contributed by atoms with E-state index in [0.717, 1.165) is 19.2 Å². The summed E-state index contributed by atoms with van der Waals surface area (Å²) in [5.41, 5.74) is -1.76. The number of esters is 1. The van der Waals surface area contributed by atoms with Gasteiger partial charge >= 0.3 is 18.2 Å². The van der Waals surface area contributed by atoms with E-state index in [2.05, 4.69) is 10.0 Å². The fourth-order valence-electron chi connectivity index (χ4n) is 4.04. The van der Waals surface area contributed by atoms with Crippen LogP contribution in [0.1, 0.15) is 83.2 Å². The molecule has 1 amide bonds. The van der Waals surface area contributed by atoms with E-state index >= 15 is 0 Å². The summed E-state index contributed by atoms with van der Waals surface area (Å²) in [5, 5.41) is 2.42. The minimum Gasteiger partial charge on any atom is -0.598 e. The van der Waals surface area contributed by atoms with Crippen molar-refractivity contribution in [2.75, 3.05) is 13.7 Å². The van der Waals surface area contributed by atoms with E-state index < -0.39 is 57.2 Å². The molecule has 0 aliphatic carbocycles. The Morgan fingerprint density at radius 2 is 1.61 bits per heavy atom. The van der Waals surface area contributed by atoms with Gasteiger partial charge in [0.1, 0.15) is 21.6 Å². The predicted molar refractivity (Wildman–Crippen MR) is 164 cm³/mol. The Balaban J connectivity index is 2.60. The van der Waals surface area contributed by atoms with Crippen molar-refractivity contribution < 1.29 is 41.5 Å². The Hall–Kier alpha value is -3.06. The molecule has 2 aromatic rings. The van der Waals surface area contributed by atoms with Gasteiger partial charge in [-0.25, -0.2) is 9.59 Å². The third kappa shape index (κ3) is 11.1. The third-order valence-corrected chi connectivity index (χ3v) is 8.03. The van der Waals surface area contributed by atoms with Crippen LogP contribution in [0.5, 0.6) is 0 Å². The van der Waals surface area contributed by atoms with Crippen molar-refractivity contribution in [2.45, 2.75) is 90.0 Å². The number of halogens is 3. The Morgan fingerprint density at radius 3 is 2.14 bits per heavy atom. The van der Waals surface area contributed by atoms with Crippen molar-refractivity contribution in [1.29, 1.82) is 0 Å². The largest absolute Gasteiger partial charge is 0.598 e. The van der Waals surface area contributed by atoms with Crippen molar-refractivity contribution in [2.24, 2.45) is 0 Å². The van der Waals surface area contributed by atoms with Crippen LogP contribution in [-0.4, -0.2) is 40.7 Å². The number of methoxy groups -OCH3 is 1. The molecule has 0 saturated heterocycles. The molecule has 2 rings (SSSR count). The van der Waals surface area contributed by atoms with Gasteiger partial charge in [-0.2, -0.15) is 13.2 Å². The molecule has 1 unspecified atom stereocenters. The number of carbonyl (C=O) groups is 2. The maximum atomic E-state index is 13.6. The van der Waals surface area contributed by atoms with E-state index in [9.17, 15) is 27.3 Å². The molecule has 3 atom stereocenters. The summed E-state index contributed by atoms with van der Waals surface area (Å²) >= 11 is -1.67. The molecule has 0 radical (unpaired) electrons. The molecule has 0 aliphatic rings. The van der Waals surface area contributed by atoms with Gasteiger partial charge in [0.05, 0.1) is 25.4 Å². The average Bonchev–Trinajstić information content (AvgIpc) is 2.91.